The maximum absolute atomic E-state index is 10.8. The fourth-order valence-corrected chi connectivity index (χ4v) is 0.957. The summed E-state index contributed by atoms with van der Waals surface area (Å²) in [5.41, 5.74) is 0. The van der Waals surface area contributed by atoms with Gasteiger partial charge in [-0.3, -0.25) is 4.79 Å². The predicted octanol–water partition coefficient (Wildman–Crippen LogP) is 0.00170. The summed E-state index contributed by atoms with van der Waals surface area (Å²) in [6, 6.07) is 0. The highest BCUT2D eigenvalue weighted by Gasteiger charge is 2.21. The zero-order valence-corrected chi connectivity index (χ0v) is 6.91. The first-order chi connectivity index (χ1) is 5.74. The van der Waals surface area contributed by atoms with E-state index in [9.17, 15) is 9.59 Å². The number of carbonyl (C=O) groups is 2. The van der Waals surface area contributed by atoms with Crippen LogP contribution < -0.4 is 0 Å². The van der Waals surface area contributed by atoms with Crippen LogP contribution in [0.2, 0.25) is 0 Å². The Bertz CT molecular complexity index is 192. The van der Waals surface area contributed by atoms with Crippen molar-refractivity contribution in [2.45, 2.75) is 6.42 Å². The van der Waals surface area contributed by atoms with Gasteiger partial charge in [0.2, 0.25) is 0 Å². The zero-order chi connectivity index (χ0) is 8.97. The van der Waals surface area contributed by atoms with Crippen LogP contribution >= 0.6 is 0 Å². The standard InChI is InChI=1S/C7H11NO4/c1-11-6(9)2-3-8-4-5-12-7(8)10/h2-5H2,1H3. The number of rotatable bonds is 3. The van der Waals surface area contributed by atoms with Crippen LogP contribution in [0.5, 0.6) is 0 Å². The number of methoxy groups -OCH3 is 1. The van der Waals surface area contributed by atoms with Crippen LogP contribution in [0, 0.1) is 0 Å². The maximum atomic E-state index is 10.8. The van der Waals surface area contributed by atoms with Gasteiger partial charge in [0.25, 0.3) is 0 Å². The van der Waals surface area contributed by atoms with Gasteiger partial charge in [-0.25, -0.2) is 4.79 Å². The molecular weight excluding hydrogens is 162 g/mol. The van der Waals surface area contributed by atoms with Crippen LogP contribution in [0.15, 0.2) is 0 Å². The number of hydrogen-bond acceptors (Lipinski definition) is 4. The lowest BCUT2D eigenvalue weighted by Crippen LogP contribution is -2.27. The van der Waals surface area contributed by atoms with Crippen LogP contribution in [0.3, 0.4) is 0 Å². The summed E-state index contributed by atoms with van der Waals surface area (Å²) in [4.78, 5) is 23.0. The molecule has 68 valence electrons. The van der Waals surface area contributed by atoms with E-state index in [-0.39, 0.29) is 18.5 Å². The lowest BCUT2D eigenvalue weighted by atomic mass is 10.4. The fourth-order valence-electron chi connectivity index (χ4n) is 0.957. The van der Waals surface area contributed by atoms with Crippen molar-refractivity contribution < 1.29 is 19.1 Å². The second-order valence-electron chi connectivity index (χ2n) is 2.43. The Hall–Kier alpha value is -1.26. The Balaban J connectivity index is 2.22. The van der Waals surface area contributed by atoms with Crippen molar-refractivity contribution in [3.8, 4) is 0 Å². The Morgan fingerprint density at radius 2 is 2.50 bits per heavy atom. The second kappa shape index (κ2) is 3.94. The first-order valence-corrected chi connectivity index (χ1v) is 3.72. The monoisotopic (exact) mass is 173 g/mol. The van der Waals surface area contributed by atoms with E-state index in [4.69, 9.17) is 0 Å². The molecule has 5 nitrogen and oxygen atoms in total. The minimum Gasteiger partial charge on any atom is -0.469 e. The first-order valence-electron chi connectivity index (χ1n) is 3.72. The molecule has 0 unspecified atom stereocenters. The number of cyclic esters (lactones) is 1. The van der Waals surface area contributed by atoms with Gasteiger partial charge in [0.15, 0.2) is 0 Å². The highest BCUT2D eigenvalue weighted by Crippen LogP contribution is 2.03. The van der Waals surface area contributed by atoms with Crippen molar-refractivity contribution in [3.63, 3.8) is 0 Å². The van der Waals surface area contributed by atoms with E-state index in [0.717, 1.165) is 0 Å². The molecule has 5 heteroatoms. The van der Waals surface area contributed by atoms with E-state index in [0.29, 0.717) is 19.7 Å². The van der Waals surface area contributed by atoms with E-state index in [1.54, 1.807) is 0 Å². The number of esters is 1. The lowest BCUT2D eigenvalue weighted by Gasteiger charge is -2.10. The van der Waals surface area contributed by atoms with E-state index in [2.05, 4.69) is 9.47 Å². The van der Waals surface area contributed by atoms with Gasteiger partial charge in [-0.05, 0) is 0 Å². The summed E-state index contributed by atoms with van der Waals surface area (Å²) < 4.78 is 9.09. The number of carbonyl (C=O) groups excluding carboxylic acids is 2. The molecule has 1 fully saturated rings. The molecule has 1 aliphatic heterocycles. The molecule has 0 atom stereocenters. The average Bonchev–Trinajstić information content (AvgIpc) is 2.47. The molecular formula is C7H11NO4. The third-order valence-electron chi connectivity index (χ3n) is 1.66. The lowest BCUT2D eigenvalue weighted by molar-refractivity contribution is -0.140. The maximum Gasteiger partial charge on any atom is 0.409 e. The van der Waals surface area contributed by atoms with Gasteiger partial charge >= 0.3 is 12.1 Å². The molecule has 0 spiro atoms. The summed E-state index contributed by atoms with van der Waals surface area (Å²) in [5, 5.41) is 0. The number of hydrogen-bond donors (Lipinski definition) is 0. The fraction of sp³-hybridized carbons (Fsp3) is 0.714. The normalized spacial score (nSPS) is 16.1. The Morgan fingerprint density at radius 1 is 1.75 bits per heavy atom. The van der Waals surface area contributed by atoms with Crippen LogP contribution in [0.1, 0.15) is 6.42 Å². The molecule has 1 saturated heterocycles. The molecule has 0 saturated carbocycles. The Kier molecular flexibility index (Phi) is 2.90. The first kappa shape index (κ1) is 8.83. The highest BCUT2D eigenvalue weighted by molar-refractivity contribution is 5.72. The summed E-state index contributed by atoms with van der Waals surface area (Å²) in [6.07, 6.45) is -0.120. The van der Waals surface area contributed by atoms with Crippen LogP contribution in [-0.4, -0.2) is 43.8 Å². The zero-order valence-electron chi connectivity index (χ0n) is 6.91. The Morgan fingerprint density at radius 3 is 3.00 bits per heavy atom. The largest absolute Gasteiger partial charge is 0.469 e. The van der Waals surface area contributed by atoms with E-state index in [1.165, 1.54) is 12.0 Å². The Labute approximate surface area is 70.2 Å². The van der Waals surface area contributed by atoms with E-state index >= 15 is 0 Å². The molecule has 0 bridgehead atoms. The molecule has 0 aromatic rings. The molecule has 0 aromatic carbocycles. The van der Waals surface area contributed by atoms with Gasteiger partial charge in [-0.2, -0.15) is 0 Å². The van der Waals surface area contributed by atoms with Crippen molar-refractivity contribution in [2.24, 2.45) is 0 Å². The third-order valence-corrected chi connectivity index (χ3v) is 1.66. The van der Waals surface area contributed by atoms with E-state index < -0.39 is 0 Å². The summed E-state index contributed by atoms with van der Waals surface area (Å²) in [6.45, 7) is 1.36. The quantitative estimate of drug-likeness (QED) is 0.564. The van der Waals surface area contributed by atoms with Crippen LogP contribution in [-0.2, 0) is 14.3 Å². The minimum atomic E-state index is -0.348. The van der Waals surface area contributed by atoms with Gasteiger partial charge in [0, 0.05) is 6.54 Å². The van der Waals surface area contributed by atoms with Crippen molar-refractivity contribution >= 4 is 12.1 Å². The van der Waals surface area contributed by atoms with Crippen molar-refractivity contribution in [2.75, 3.05) is 26.8 Å². The number of amides is 1. The van der Waals surface area contributed by atoms with Crippen LogP contribution in [0.4, 0.5) is 4.79 Å². The predicted molar refractivity (Wildman–Crippen MR) is 39.6 cm³/mol. The third kappa shape index (κ3) is 2.11. The molecule has 1 amide bonds. The topological polar surface area (TPSA) is 55.8 Å². The summed E-state index contributed by atoms with van der Waals surface area (Å²) in [5.74, 6) is -0.310. The van der Waals surface area contributed by atoms with Crippen molar-refractivity contribution in [3.05, 3.63) is 0 Å². The molecule has 0 aliphatic carbocycles. The molecule has 0 N–H and O–H groups in total. The smallest absolute Gasteiger partial charge is 0.409 e. The molecule has 1 aliphatic rings. The number of nitrogens with zero attached hydrogens (tertiary/aromatic N) is 1. The van der Waals surface area contributed by atoms with Crippen LogP contribution in [0.25, 0.3) is 0 Å². The average molecular weight is 173 g/mol. The second-order valence-corrected chi connectivity index (χ2v) is 2.43. The summed E-state index contributed by atoms with van der Waals surface area (Å²) in [7, 11) is 1.32. The van der Waals surface area contributed by atoms with Crippen molar-refractivity contribution in [1.82, 2.24) is 4.90 Å². The van der Waals surface area contributed by atoms with E-state index in [1.807, 2.05) is 0 Å². The molecule has 0 aromatic heterocycles. The molecule has 1 heterocycles. The van der Waals surface area contributed by atoms with Crippen molar-refractivity contribution in [1.29, 1.82) is 0 Å². The number of ether oxygens (including phenoxy) is 2. The van der Waals surface area contributed by atoms with Gasteiger partial charge < -0.3 is 14.4 Å². The molecule has 1 rings (SSSR count). The molecule has 12 heavy (non-hydrogen) atoms. The minimum absolute atomic E-state index is 0.228. The molecule has 0 radical (unpaired) electrons. The van der Waals surface area contributed by atoms with Gasteiger partial charge in [0.1, 0.15) is 6.61 Å². The highest BCUT2D eigenvalue weighted by atomic mass is 16.6. The van der Waals surface area contributed by atoms with Gasteiger partial charge in [0.05, 0.1) is 20.1 Å². The summed E-state index contributed by atoms with van der Waals surface area (Å²) >= 11 is 0. The van der Waals surface area contributed by atoms with Gasteiger partial charge in [-0.1, -0.05) is 0 Å². The SMILES string of the molecule is COC(=O)CCN1CCOC1=O. The van der Waals surface area contributed by atoms with Gasteiger partial charge in [-0.15, -0.1) is 0 Å².